The van der Waals surface area contributed by atoms with Gasteiger partial charge in [-0.05, 0) is 6.42 Å². The number of carboxylic acids is 2. The minimum absolute atomic E-state index is 0.164. The molecule has 0 radical (unpaired) electrons. The molecule has 194 valence electrons. The topological polar surface area (TPSA) is 130 Å². The van der Waals surface area contributed by atoms with Crippen molar-refractivity contribution < 1.29 is 24.6 Å². The summed E-state index contributed by atoms with van der Waals surface area (Å²) in [6, 6.07) is -1.96. The highest BCUT2D eigenvalue weighted by atomic mass is 33.1. The Hall–Kier alpha value is -0.930. The molecule has 0 aliphatic rings. The molecule has 0 bridgehead atoms. The Morgan fingerprint density at radius 2 is 1.12 bits per heavy atom. The summed E-state index contributed by atoms with van der Waals surface area (Å²) >= 11 is 0. The zero-order valence-corrected chi connectivity index (χ0v) is 22.0. The molecule has 0 aliphatic heterocycles. The highest BCUT2D eigenvalue weighted by Crippen LogP contribution is 2.22. The van der Waals surface area contributed by atoms with E-state index >= 15 is 0 Å². The van der Waals surface area contributed by atoms with Gasteiger partial charge in [0.1, 0.15) is 12.1 Å². The number of nitrogens with two attached hydrogens (primary N) is 1. The van der Waals surface area contributed by atoms with Gasteiger partial charge in [-0.1, -0.05) is 118 Å². The molecule has 2 unspecified atom stereocenters. The van der Waals surface area contributed by atoms with Crippen molar-refractivity contribution in [2.45, 2.75) is 122 Å². The van der Waals surface area contributed by atoms with Crippen molar-refractivity contribution in [2.24, 2.45) is 5.73 Å². The largest absolute Gasteiger partial charge is 0.480 e. The van der Waals surface area contributed by atoms with Gasteiger partial charge in [-0.3, -0.25) is 9.59 Å². The van der Waals surface area contributed by atoms with E-state index in [1.165, 1.54) is 98.6 Å². The molecule has 2 atom stereocenters. The van der Waals surface area contributed by atoms with E-state index in [2.05, 4.69) is 12.2 Å². The van der Waals surface area contributed by atoms with Gasteiger partial charge in [0, 0.05) is 17.9 Å². The fourth-order valence-electron chi connectivity index (χ4n) is 3.41. The molecule has 9 heteroatoms. The van der Waals surface area contributed by atoms with Gasteiger partial charge in [0.2, 0.25) is 5.91 Å². The molecule has 0 saturated carbocycles. The zero-order chi connectivity index (χ0) is 24.7. The van der Waals surface area contributed by atoms with E-state index in [1.807, 2.05) is 0 Å². The lowest BCUT2D eigenvalue weighted by atomic mass is 10.0. The summed E-state index contributed by atoms with van der Waals surface area (Å²) < 4.78 is 0. The number of carbonyl (C=O) groups excluding carboxylic acids is 1. The zero-order valence-electron chi connectivity index (χ0n) is 20.4. The van der Waals surface area contributed by atoms with Gasteiger partial charge < -0.3 is 21.3 Å². The molecule has 0 spiro atoms. The lowest BCUT2D eigenvalue weighted by Crippen LogP contribution is -2.42. The molecule has 0 heterocycles. The first-order valence-corrected chi connectivity index (χ1v) is 15.1. The number of carboxylic acid groups (broad SMARTS) is 2. The van der Waals surface area contributed by atoms with Gasteiger partial charge in [0.25, 0.3) is 0 Å². The monoisotopic (exact) mass is 506 g/mol. The van der Waals surface area contributed by atoms with Gasteiger partial charge in [-0.25, -0.2) is 4.79 Å². The van der Waals surface area contributed by atoms with Crippen molar-refractivity contribution in [2.75, 3.05) is 11.5 Å². The van der Waals surface area contributed by atoms with Crippen LogP contribution in [0.2, 0.25) is 0 Å². The number of unbranched alkanes of at least 4 members (excludes halogenated alkanes) is 14. The summed E-state index contributed by atoms with van der Waals surface area (Å²) in [6.45, 7) is 2.25. The third-order valence-electron chi connectivity index (χ3n) is 5.52. The van der Waals surface area contributed by atoms with Crippen LogP contribution >= 0.6 is 21.6 Å². The number of amides is 1. The summed E-state index contributed by atoms with van der Waals surface area (Å²) in [7, 11) is 2.40. The minimum atomic E-state index is -1.09. The second-order valence-corrected chi connectivity index (χ2v) is 11.2. The van der Waals surface area contributed by atoms with Crippen LogP contribution in [0.4, 0.5) is 0 Å². The van der Waals surface area contributed by atoms with Crippen LogP contribution in [0.3, 0.4) is 0 Å². The molecule has 5 N–H and O–H groups in total. The lowest BCUT2D eigenvalue weighted by Gasteiger charge is -2.14. The maximum Gasteiger partial charge on any atom is 0.327 e. The Labute approximate surface area is 208 Å². The van der Waals surface area contributed by atoms with Crippen LogP contribution in [0, 0.1) is 0 Å². The highest BCUT2D eigenvalue weighted by molar-refractivity contribution is 8.76. The predicted molar refractivity (Wildman–Crippen MR) is 140 cm³/mol. The lowest BCUT2D eigenvalue weighted by molar-refractivity contribution is -0.141. The normalized spacial score (nSPS) is 12.9. The Kier molecular flexibility index (Phi) is 22.2. The van der Waals surface area contributed by atoms with Crippen LogP contribution in [0.1, 0.15) is 110 Å². The first-order chi connectivity index (χ1) is 15.9. The van der Waals surface area contributed by atoms with Crippen molar-refractivity contribution in [3.8, 4) is 0 Å². The summed E-state index contributed by atoms with van der Waals surface area (Å²) in [4.78, 5) is 34.0. The molecule has 0 aromatic heterocycles. The predicted octanol–water partition coefficient (Wildman–Crippen LogP) is 5.61. The Morgan fingerprint density at radius 3 is 1.55 bits per heavy atom. The van der Waals surface area contributed by atoms with E-state index in [0.717, 1.165) is 19.3 Å². The van der Waals surface area contributed by atoms with E-state index in [0.29, 0.717) is 6.42 Å². The van der Waals surface area contributed by atoms with Crippen molar-refractivity contribution in [3.63, 3.8) is 0 Å². The second kappa shape index (κ2) is 22.8. The number of hydrogen-bond acceptors (Lipinski definition) is 6. The standard InChI is InChI=1S/C24H46N2O5S2/c1-2-3-4-5-6-7-8-9-10-11-12-13-14-15-16-17-22(27)26-21(24(30)31)19-33-32-18-20(25)23(28)29/h20-21H,2-19,25H2,1H3,(H,26,27)(H,28,29)(H,30,31). The van der Waals surface area contributed by atoms with Crippen LogP contribution < -0.4 is 11.1 Å². The molecular weight excluding hydrogens is 460 g/mol. The van der Waals surface area contributed by atoms with Gasteiger partial charge in [0.15, 0.2) is 0 Å². The van der Waals surface area contributed by atoms with E-state index in [1.54, 1.807) is 0 Å². The van der Waals surface area contributed by atoms with Crippen molar-refractivity contribution in [1.82, 2.24) is 5.32 Å². The van der Waals surface area contributed by atoms with Crippen LogP contribution in [0.25, 0.3) is 0 Å². The molecule has 0 saturated heterocycles. The molecule has 33 heavy (non-hydrogen) atoms. The fraction of sp³-hybridized carbons (Fsp3) is 0.875. The SMILES string of the molecule is CCCCCCCCCCCCCCCCCC(=O)NC(CSSCC(N)C(=O)O)C(=O)O. The summed E-state index contributed by atoms with van der Waals surface area (Å²) in [5, 5.41) is 20.6. The van der Waals surface area contributed by atoms with Gasteiger partial charge in [-0.2, -0.15) is 0 Å². The van der Waals surface area contributed by atoms with Crippen molar-refractivity contribution in [1.29, 1.82) is 0 Å². The molecule has 0 aromatic rings. The highest BCUT2D eigenvalue weighted by Gasteiger charge is 2.20. The average Bonchev–Trinajstić information content (AvgIpc) is 2.77. The maximum atomic E-state index is 12.0. The van der Waals surface area contributed by atoms with Gasteiger partial charge in [-0.15, -0.1) is 0 Å². The number of hydrogen-bond donors (Lipinski definition) is 4. The first-order valence-electron chi connectivity index (χ1n) is 12.6. The van der Waals surface area contributed by atoms with Crippen LogP contribution in [-0.4, -0.2) is 51.6 Å². The Morgan fingerprint density at radius 1 is 0.697 bits per heavy atom. The fourth-order valence-corrected chi connectivity index (χ4v) is 5.68. The molecule has 0 fully saturated rings. The molecule has 0 rings (SSSR count). The third kappa shape index (κ3) is 21.3. The summed E-state index contributed by atoms with van der Waals surface area (Å²) in [5.74, 6) is -2.08. The summed E-state index contributed by atoms with van der Waals surface area (Å²) in [6.07, 6.45) is 19.2. The van der Waals surface area contributed by atoms with Crippen LogP contribution in [0.15, 0.2) is 0 Å². The second-order valence-electron chi connectivity index (χ2n) is 8.67. The first kappa shape index (κ1) is 32.1. The van der Waals surface area contributed by atoms with Crippen molar-refractivity contribution >= 4 is 39.4 Å². The molecule has 0 aromatic carbocycles. The average molecular weight is 507 g/mol. The smallest absolute Gasteiger partial charge is 0.327 e. The van der Waals surface area contributed by atoms with Crippen LogP contribution in [-0.2, 0) is 14.4 Å². The molecule has 0 aliphatic carbocycles. The Bertz CT molecular complexity index is 523. The number of nitrogens with one attached hydrogen (secondary N) is 1. The van der Waals surface area contributed by atoms with Gasteiger partial charge >= 0.3 is 11.9 Å². The quantitative estimate of drug-likeness (QED) is 0.0981. The number of rotatable bonds is 24. The number of aliphatic carboxylic acids is 2. The molecule has 7 nitrogen and oxygen atoms in total. The minimum Gasteiger partial charge on any atom is -0.480 e. The Balaban J connectivity index is 3.60. The molecule has 1 amide bonds. The third-order valence-corrected chi connectivity index (χ3v) is 7.97. The van der Waals surface area contributed by atoms with Gasteiger partial charge in [0.05, 0.1) is 0 Å². The van der Waals surface area contributed by atoms with Crippen LogP contribution in [0.5, 0.6) is 0 Å². The maximum absolute atomic E-state index is 12.0. The number of carbonyl (C=O) groups is 3. The van der Waals surface area contributed by atoms with E-state index in [-0.39, 0.29) is 17.4 Å². The molecular formula is C24H46N2O5S2. The van der Waals surface area contributed by atoms with E-state index in [4.69, 9.17) is 10.8 Å². The summed E-state index contributed by atoms with van der Waals surface area (Å²) in [5.41, 5.74) is 5.40. The van der Waals surface area contributed by atoms with E-state index < -0.39 is 24.0 Å². The van der Waals surface area contributed by atoms with E-state index in [9.17, 15) is 19.5 Å². The van der Waals surface area contributed by atoms with Crippen molar-refractivity contribution in [3.05, 3.63) is 0 Å².